The second-order valence-corrected chi connectivity index (χ2v) is 3.72. The molecule has 0 aromatic heterocycles. The smallest absolute Gasteiger partial charge is 0.324 e. The summed E-state index contributed by atoms with van der Waals surface area (Å²) < 4.78 is 48.9. The molecule has 0 bridgehead atoms. The standard InChI is InChI=1S/C11H11F4NO2/c1-6-3-2-4-7(8(6)17)9(18)16-5-11(14,15)10(12)13/h2-4,10,17H,5H2,1H3,(H,16,18). The third-order valence-corrected chi connectivity index (χ3v) is 2.29. The number of carbonyl (C=O) groups is 1. The van der Waals surface area contributed by atoms with Gasteiger partial charge in [0.15, 0.2) is 0 Å². The average Bonchev–Trinajstić information content (AvgIpc) is 2.29. The highest BCUT2D eigenvalue weighted by Crippen LogP contribution is 2.23. The number of aromatic hydroxyl groups is 1. The Kier molecular flexibility index (Phi) is 4.15. The topological polar surface area (TPSA) is 49.3 Å². The Morgan fingerprint density at radius 1 is 1.44 bits per heavy atom. The zero-order valence-electron chi connectivity index (χ0n) is 9.38. The Bertz CT molecular complexity index is 449. The molecule has 1 amide bonds. The van der Waals surface area contributed by atoms with Gasteiger partial charge in [-0.3, -0.25) is 4.79 Å². The molecule has 1 aromatic rings. The van der Waals surface area contributed by atoms with Crippen LogP contribution in [-0.2, 0) is 0 Å². The Labute approximate surface area is 100 Å². The van der Waals surface area contributed by atoms with Crippen LogP contribution in [-0.4, -0.2) is 29.9 Å². The number of phenols is 1. The van der Waals surface area contributed by atoms with Crippen LogP contribution in [0.1, 0.15) is 15.9 Å². The summed E-state index contributed by atoms with van der Waals surface area (Å²) in [5.74, 6) is -5.69. The fourth-order valence-electron chi connectivity index (χ4n) is 1.21. The molecular weight excluding hydrogens is 254 g/mol. The zero-order valence-corrected chi connectivity index (χ0v) is 9.38. The normalized spacial score (nSPS) is 11.7. The molecule has 0 saturated carbocycles. The van der Waals surface area contributed by atoms with Gasteiger partial charge in [-0.15, -0.1) is 0 Å². The molecule has 0 aliphatic carbocycles. The summed E-state index contributed by atoms with van der Waals surface area (Å²) in [6, 6.07) is 4.16. The van der Waals surface area contributed by atoms with Gasteiger partial charge in [0.25, 0.3) is 5.91 Å². The molecule has 0 aliphatic rings. The predicted molar refractivity (Wildman–Crippen MR) is 56.1 cm³/mol. The minimum absolute atomic E-state index is 0.236. The van der Waals surface area contributed by atoms with E-state index >= 15 is 0 Å². The summed E-state index contributed by atoms with van der Waals surface area (Å²) in [7, 11) is 0. The van der Waals surface area contributed by atoms with Gasteiger partial charge in [-0.05, 0) is 18.6 Å². The minimum atomic E-state index is -4.30. The number of hydrogen-bond donors (Lipinski definition) is 2. The van der Waals surface area contributed by atoms with Crippen LogP contribution in [0.2, 0.25) is 0 Å². The van der Waals surface area contributed by atoms with Crippen LogP contribution >= 0.6 is 0 Å². The number of para-hydroxylation sites is 1. The first-order chi connectivity index (χ1) is 8.25. The van der Waals surface area contributed by atoms with Gasteiger partial charge in [0.2, 0.25) is 0 Å². The molecule has 0 saturated heterocycles. The Morgan fingerprint density at radius 3 is 2.61 bits per heavy atom. The first kappa shape index (κ1) is 14.3. The van der Waals surface area contributed by atoms with Crippen molar-refractivity contribution >= 4 is 5.91 Å². The first-order valence-corrected chi connectivity index (χ1v) is 4.98. The van der Waals surface area contributed by atoms with Crippen LogP contribution in [0.25, 0.3) is 0 Å². The maximum atomic E-state index is 12.6. The van der Waals surface area contributed by atoms with Gasteiger partial charge in [-0.1, -0.05) is 12.1 Å². The van der Waals surface area contributed by atoms with Crippen molar-refractivity contribution in [3.05, 3.63) is 29.3 Å². The van der Waals surface area contributed by atoms with Crippen LogP contribution in [0.5, 0.6) is 5.75 Å². The van der Waals surface area contributed by atoms with Crippen molar-refractivity contribution in [2.45, 2.75) is 19.3 Å². The van der Waals surface area contributed by atoms with Crippen molar-refractivity contribution in [3.63, 3.8) is 0 Å². The summed E-state index contributed by atoms with van der Waals surface area (Å²) in [5.41, 5.74) is 0.142. The SMILES string of the molecule is Cc1cccc(C(=O)NCC(F)(F)C(F)F)c1O. The van der Waals surface area contributed by atoms with E-state index in [0.717, 1.165) is 0 Å². The molecule has 0 radical (unpaired) electrons. The number of rotatable bonds is 4. The molecule has 7 heteroatoms. The second-order valence-electron chi connectivity index (χ2n) is 3.72. The van der Waals surface area contributed by atoms with E-state index in [1.807, 2.05) is 0 Å². The zero-order chi connectivity index (χ0) is 13.9. The molecule has 100 valence electrons. The number of nitrogens with one attached hydrogen (secondary N) is 1. The lowest BCUT2D eigenvalue weighted by Gasteiger charge is -2.16. The van der Waals surface area contributed by atoms with E-state index in [4.69, 9.17) is 0 Å². The van der Waals surface area contributed by atoms with Crippen molar-refractivity contribution in [1.29, 1.82) is 0 Å². The Morgan fingerprint density at radius 2 is 2.06 bits per heavy atom. The van der Waals surface area contributed by atoms with E-state index in [0.29, 0.717) is 5.56 Å². The van der Waals surface area contributed by atoms with Crippen LogP contribution in [0.3, 0.4) is 0 Å². The van der Waals surface area contributed by atoms with E-state index in [9.17, 15) is 27.5 Å². The van der Waals surface area contributed by atoms with Gasteiger partial charge < -0.3 is 10.4 Å². The van der Waals surface area contributed by atoms with Crippen molar-refractivity contribution in [2.24, 2.45) is 0 Å². The van der Waals surface area contributed by atoms with Crippen LogP contribution in [0, 0.1) is 6.92 Å². The number of phenolic OH excluding ortho intramolecular Hbond substituents is 1. The lowest BCUT2D eigenvalue weighted by atomic mass is 10.1. The van der Waals surface area contributed by atoms with Crippen molar-refractivity contribution in [2.75, 3.05) is 6.54 Å². The van der Waals surface area contributed by atoms with Gasteiger partial charge in [-0.2, -0.15) is 8.78 Å². The number of amides is 1. The maximum Gasteiger partial charge on any atom is 0.324 e. The fourth-order valence-corrected chi connectivity index (χ4v) is 1.21. The van der Waals surface area contributed by atoms with E-state index in [1.165, 1.54) is 25.1 Å². The number of benzene rings is 1. The van der Waals surface area contributed by atoms with Crippen LogP contribution in [0.4, 0.5) is 17.6 Å². The highest BCUT2D eigenvalue weighted by atomic mass is 19.3. The number of halogens is 4. The molecule has 0 heterocycles. The molecule has 0 unspecified atom stereocenters. The molecular formula is C11H11F4NO2. The first-order valence-electron chi connectivity index (χ1n) is 4.98. The summed E-state index contributed by atoms with van der Waals surface area (Å²) >= 11 is 0. The minimum Gasteiger partial charge on any atom is -0.507 e. The molecule has 0 aliphatic heterocycles. The number of hydrogen-bond acceptors (Lipinski definition) is 2. The summed E-state index contributed by atoms with van der Waals surface area (Å²) in [6.07, 6.45) is -3.86. The Balaban J connectivity index is 2.75. The van der Waals surface area contributed by atoms with Gasteiger partial charge in [0, 0.05) is 0 Å². The summed E-state index contributed by atoms with van der Waals surface area (Å²) in [5, 5.41) is 11.2. The number of carbonyl (C=O) groups excluding carboxylic acids is 1. The maximum absolute atomic E-state index is 12.6. The van der Waals surface area contributed by atoms with Crippen molar-refractivity contribution in [3.8, 4) is 5.75 Å². The summed E-state index contributed by atoms with van der Waals surface area (Å²) in [4.78, 5) is 11.4. The van der Waals surface area contributed by atoms with Gasteiger partial charge in [-0.25, -0.2) is 8.78 Å². The molecule has 2 N–H and O–H groups in total. The van der Waals surface area contributed by atoms with Crippen LogP contribution in [0.15, 0.2) is 18.2 Å². The quantitative estimate of drug-likeness (QED) is 0.821. The molecule has 18 heavy (non-hydrogen) atoms. The number of alkyl halides is 4. The molecule has 1 rings (SSSR count). The molecule has 0 atom stereocenters. The lowest BCUT2D eigenvalue weighted by molar-refractivity contribution is -0.123. The average molecular weight is 265 g/mol. The number of aryl methyl sites for hydroxylation is 1. The van der Waals surface area contributed by atoms with E-state index in [1.54, 1.807) is 5.32 Å². The monoisotopic (exact) mass is 265 g/mol. The van der Waals surface area contributed by atoms with Crippen LogP contribution < -0.4 is 5.32 Å². The largest absolute Gasteiger partial charge is 0.507 e. The van der Waals surface area contributed by atoms with E-state index in [-0.39, 0.29) is 11.3 Å². The fraction of sp³-hybridized carbons (Fsp3) is 0.364. The highest BCUT2D eigenvalue weighted by molar-refractivity contribution is 5.97. The third kappa shape index (κ3) is 3.12. The van der Waals surface area contributed by atoms with Gasteiger partial charge in [0.05, 0.1) is 12.1 Å². The van der Waals surface area contributed by atoms with E-state index < -0.39 is 24.8 Å². The van der Waals surface area contributed by atoms with Gasteiger partial charge >= 0.3 is 12.3 Å². The van der Waals surface area contributed by atoms with E-state index in [2.05, 4.69) is 0 Å². The van der Waals surface area contributed by atoms with Gasteiger partial charge in [0.1, 0.15) is 5.75 Å². The summed E-state index contributed by atoms with van der Waals surface area (Å²) in [6.45, 7) is 0.0246. The molecule has 0 fully saturated rings. The highest BCUT2D eigenvalue weighted by Gasteiger charge is 2.40. The predicted octanol–water partition coefficient (Wildman–Crippen LogP) is 2.33. The molecule has 1 aromatic carbocycles. The second kappa shape index (κ2) is 5.24. The Hall–Kier alpha value is -1.79. The van der Waals surface area contributed by atoms with Crippen molar-refractivity contribution in [1.82, 2.24) is 5.32 Å². The molecule has 3 nitrogen and oxygen atoms in total. The third-order valence-electron chi connectivity index (χ3n) is 2.29. The van der Waals surface area contributed by atoms with Crippen molar-refractivity contribution < 1.29 is 27.5 Å². The lowest BCUT2D eigenvalue weighted by Crippen LogP contribution is -2.41. The molecule has 0 spiro atoms.